The van der Waals surface area contributed by atoms with E-state index in [0.717, 1.165) is 25.2 Å². The molecule has 6 nitrogen and oxygen atoms in total. The molecule has 2 heterocycles. The summed E-state index contributed by atoms with van der Waals surface area (Å²) in [5.41, 5.74) is 1.54. The highest BCUT2D eigenvalue weighted by atomic mass is 19.1. The van der Waals surface area contributed by atoms with Crippen LogP contribution in [0.1, 0.15) is 24.1 Å². The number of piperazine rings is 1. The highest BCUT2D eigenvalue weighted by molar-refractivity contribution is 5.75. The Bertz CT molecular complexity index is 764. The Kier molecular flexibility index (Phi) is 6.36. The quantitative estimate of drug-likeness (QED) is 0.805. The Labute approximate surface area is 158 Å². The molecule has 27 heavy (non-hydrogen) atoms. The second-order valence-corrected chi connectivity index (χ2v) is 6.57. The monoisotopic (exact) mass is 373 g/mol. The predicted octanol–water partition coefficient (Wildman–Crippen LogP) is 2.56. The third-order valence-electron chi connectivity index (χ3n) is 4.66. The van der Waals surface area contributed by atoms with Gasteiger partial charge < -0.3 is 9.84 Å². The van der Waals surface area contributed by atoms with Crippen LogP contribution < -0.4 is 4.74 Å². The second kappa shape index (κ2) is 8.92. The highest BCUT2D eigenvalue weighted by Gasteiger charge is 2.31. The largest absolute Gasteiger partial charge is 0.494 e. The zero-order chi connectivity index (χ0) is 19.2. The molecule has 0 amide bonds. The Balaban J connectivity index is 1.69. The minimum Gasteiger partial charge on any atom is -0.494 e. The summed E-state index contributed by atoms with van der Waals surface area (Å²) in [7, 11) is 0. The second-order valence-electron chi connectivity index (χ2n) is 6.57. The Morgan fingerprint density at radius 2 is 2.07 bits per heavy atom. The molecule has 1 atom stereocenters. The molecule has 1 fully saturated rings. The molecule has 0 radical (unpaired) electrons. The van der Waals surface area contributed by atoms with Gasteiger partial charge in [0.25, 0.3) is 0 Å². The Morgan fingerprint density at radius 3 is 2.70 bits per heavy atom. The number of halogens is 1. The molecule has 1 aliphatic heterocycles. The van der Waals surface area contributed by atoms with E-state index >= 15 is 0 Å². The van der Waals surface area contributed by atoms with E-state index in [1.54, 1.807) is 19.2 Å². The number of aromatic nitrogens is 1. The maximum absolute atomic E-state index is 13.9. The van der Waals surface area contributed by atoms with Crippen LogP contribution in [0, 0.1) is 5.82 Å². The van der Waals surface area contributed by atoms with Gasteiger partial charge in [-0.1, -0.05) is 6.07 Å². The molecule has 1 N–H and O–H groups in total. The van der Waals surface area contributed by atoms with Gasteiger partial charge in [-0.3, -0.25) is 19.6 Å². The minimum atomic E-state index is -0.983. The van der Waals surface area contributed by atoms with Crippen molar-refractivity contribution in [2.24, 2.45) is 0 Å². The van der Waals surface area contributed by atoms with Crippen LogP contribution in [0.25, 0.3) is 0 Å². The van der Waals surface area contributed by atoms with Crippen molar-refractivity contribution in [2.75, 3.05) is 32.8 Å². The number of rotatable bonds is 7. The van der Waals surface area contributed by atoms with Gasteiger partial charge >= 0.3 is 5.97 Å². The summed E-state index contributed by atoms with van der Waals surface area (Å²) in [6.07, 6.45) is 3.59. The molecule has 0 bridgehead atoms. The van der Waals surface area contributed by atoms with Crippen molar-refractivity contribution >= 4 is 5.97 Å². The first-order chi connectivity index (χ1) is 13.1. The number of nitrogens with zero attached hydrogens (tertiary/aromatic N) is 3. The van der Waals surface area contributed by atoms with Crippen LogP contribution in [0.15, 0.2) is 42.7 Å². The maximum Gasteiger partial charge on any atom is 0.325 e. The van der Waals surface area contributed by atoms with E-state index in [4.69, 9.17) is 4.74 Å². The fourth-order valence-corrected chi connectivity index (χ4v) is 3.43. The van der Waals surface area contributed by atoms with Crippen LogP contribution >= 0.6 is 0 Å². The number of hydrogen-bond donors (Lipinski definition) is 1. The third kappa shape index (κ3) is 5.02. The minimum absolute atomic E-state index is 0.356. The van der Waals surface area contributed by atoms with Crippen molar-refractivity contribution in [2.45, 2.75) is 19.5 Å². The number of carbonyl (C=O) groups is 1. The number of carboxylic acid groups (broad SMARTS) is 1. The van der Waals surface area contributed by atoms with Gasteiger partial charge in [0.2, 0.25) is 0 Å². The van der Waals surface area contributed by atoms with Crippen molar-refractivity contribution in [1.82, 2.24) is 14.8 Å². The average molecular weight is 373 g/mol. The molecule has 0 aliphatic carbocycles. The van der Waals surface area contributed by atoms with Gasteiger partial charge in [-0.25, -0.2) is 4.39 Å². The SMILES string of the molecule is CCOc1cc(F)cc([C@@H](C(=O)O)N2CCN(Cc3cccnc3)CC2)c1. The summed E-state index contributed by atoms with van der Waals surface area (Å²) in [5.74, 6) is -1.12. The van der Waals surface area contributed by atoms with Gasteiger partial charge in [0, 0.05) is 51.2 Å². The highest BCUT2D eigenvalue weighted by Crippen LogP contribution is 2.27. The summed E-state index contributed by atoms with van der Waals surface area (Å²) in [4.78, 5) is 20.2. The number of carboxylic acids is 1. The van der Waals surface area contributed by atoms with Crippen LogP contribution in [0.4, 0.5) is 4.39 Å². The first-order valence-corrected chi connectivity index (χ1v) is 9.08. The van der Waals surface area contributed by atoms with Crippen molar-refractivity contribution in [1.29, 1.82) is 0 Å². The first-order valence-electron chi connectivity index (χ1n) is 9.08. The molecule has 0 saturated carbocycles. The van der Waals surface area contributed by atoms with Gasteiger partial charge in [0.1, 0.15) is 17.6 Å². The zero-order valence-corrected chi connectivity index (χ0v) is 15.3. The fraction of sp³-hybridized carbons (Fsp3) is 0.400. The van der Waals surface area contributed by atoms with E-state index in [0.29, 0.717) is 31.0 Å². The molecule has 1 aromatic heterocycles. The average Bonchev–Trinajstić information content (AvgIpc) is 2.64. The summed E-state index contributed by atoms with van der Waals surface area (Å²) >= 11 is 0. The summed E-state index contributed by atoms with van der Waals surface area (Å²) in [6, 6.07) is 7.22. The van der Waals surface area contributed by atoms with Crippen LogP contribution in [-0.4, -0.2) is 58.6 Å². The maximum atomic E-state index is 13.9. The molecular formula is C20H24FN3O3. The predicted molar refractivity (Wildman–Crippen MR) is 99.0 cm³/mol. The lowest BCUT2D eigenvalue weighted by Gasteiger charge is -2.37. The summed E-state index contributed by atoms with van der Waals surface area (Å²) in [6.45, 7) is 5.66. The van der Waals surface area contributed by atoms with E-state index in [1.807, 2.05) is 23.2 Å². The van der Waals surface area contributed by atoms with Crippen molar-refractivity contribution in [3.05, 3.63) is 59.7 Å². The molecular weight excluding hydrogens is 349 g/mol. The van der Waals surface area contributed by atoms with E-state index in [1.165, 1.54) is 12.1 Å². The van der Waals surface area contributed by atoms with Crippen molar-refractivity contribution < 1.29 is 19.0 Å². The van der Waals surface area contributed by atoms with E-state index < -0.39 is 17.8 Å². The first kappa shape index (κ1) is 19.3. The molecule has 1 aromatic carbocycles. The van der Waals surface area contributed by atoms with Gasteiger partial charge in [-0.15, -0.1) is 0 Å². The number of benzene rings is 1. The van der Waals surface area contributed by atoms with Gasteiger partial charge in [-0.2, -0.15) is 0 Å². The molecule has 0 unspecified atom stereocenters. The number of ether oxygens (including phenoxy) is 1. The smallest absolute Gasteiger partial charge is 0.325 e. The fourth-order valence-electron chi connectivity index (χ4n) is 3.43. The molecule has 2 aromatic rings. The Hall–Kier alpha value is -2.51. The standard InChI is InChI=1S/C20H24FN3O3/c1-2-27-18-11-16(10-17(21)12-18)19(20(25)26)24-8-6-23(7-9-24)14-15-4-3-5-22-13-15/h3-5,10-13,19H,2,6-9,14H2,1H3,(H,25,26)/t19-/m0/s1. The number of aliphatic carboxylic acids is 1. The molecule has 144 valence electrons. The number of hydrogen-bond acceptors (Lipinski definition) is 5. The molecule has 7 heteroatoms. The normalized spacial score (nSPS) is 16.8. The Morgan fingerprint density at radius 1 is 1.30 bits per heavy atom. The van der Waals surface area contributed by atoms with Crippen molar-refractivity contribution in [3.8, 4) is 5.75 Å². The van der Waals surface area contributed by atoms with E-state index in [9.17, 15) is 14.3 Å². The lowest BCUT2D eigenvalue weighted by atomic mass is 10.0. The molecule has 3 rings (SSSR count). The van der Waals surface area contributed by atoms with Crippen LogP contribution in [0.3, 0.4) is 0 Å². The lowest BCUT2D eigenvalue weighted by molar-refractivity contribution is -0.144. The third-order valence-corrected chi connectivity index (χ3v) is 4.66. The van der Waals surface area contributed by atoms with E-state index in [-0.39, 0.29) is 0 Å². The van der Waals surface area contributed by atoms with Crippen LogP contribution in [0.2, 0.25) is 0 Å². The topological polar surface area (TPSA) is 65.9 Å². The van der Waals surface area contributed by atoms with Crippen LogP contribution in [0.5, 0.6) is 5.75 Å². The summed E-state index contributed by atoms with van der Waals surface area (Å²) in [5, 5.41) is 9.76. The molecule has 0 spiro atoms. The van der Waals surface area contributed by atoms with E-state index in [2.05, 4.69) is 9.88 Å². The van der Waals surface area contributed by atoms with Gasteiger partial charge in [0.05, 0.1) is 6.61 Å². The van der Waals surface area contributed by atoms with Gasteiger partial charge in [-0.05, 0) is 36.2 Å². The molecule has 1 aliphatic rings. The zero-order valence-electron chi connectivity index (χ0n) is 15.3. The van der Waals surface area contributed by atoms with Crippen molar-refractivity contribution in [3.63, 3.8) is 0 Å². The summed E-state index contributed by atoms with van der Waals surface area (Å²) < 4.78 is 19.3. The number of pyridine rings is 1. The van der Waals surface area contributed by atoms with Gasteiger partial charge in [0.15, 0.2) is 0 Å². The molecule has 1 saturated heterocycles. The van der Waals surface area contributed by atoms with Crippen LogP contribution in [-0.2, 0) is 11.3 Å². The lowest BCUT2D eigenvalue weighted by Crippen LogP contribution is -2.48.